The predicted molar refractivity (Wildman–Crippen MR) is 290 cm³/mol. The molecule has 0 spiro atoms. The number of ether oxygens (including phenoxy) is 4. The van der Waals surface area contributed by atoms with Crippen LogP contribution in [0.4, 0.5) is 0 Å². The van der Waals surface area contributed by atoms with Crippen molar-refractivity contribution in [2.45, 2.75) is 27.7 Å². The van der Waals surface area contributed by atoms with Crippen LogP contribution >= 0.6 is 0 Å². The molecule has 0 amide bonds. The summed E-state index contributed by atoms with van der Waals surface area (Å²) in [5, 5.41) is 12.9. The molecule has 0 bridgehead atoms. The normalized spacial score (nSPS) is 12.7. The molecule has 12 rings (SSSR count). The van der Waals surface area contributed by atoms with Crippen LogP contribution in [0, 0.1) is 25.7 Å². The summed E-state index contributed by atoms with van der Waals surface area (Å²) in [6.07, 6.45) is 0. The van der Waals surface area contributed by atoms with Crippen molar-refractivity contribution in [3.63, 3.8) is 0 Å². The van der Waals surface area contributed by atoms with E-state index in [1.165, 1.54) is 0 Å². The van der Waals surface area contributed by atoms with Crippen LogP contribution in [0.5, 0.6) is 11.5 Å². The van der Waals surface area contributed by atoms with Crippen molar-refractivity contribution in [3.05, 3.63) is 192 Å². The van der Waals surface area contributed by atoms with Gasteiger partial charge in [-0.1, -0.05) is 172 Å². The molecule has 72 heavy (non-hydrogen) atoms. The summed E-state index contributed by atoms with van der Waals surface area (Å²) in [6, 6.07) is 57.1. The zero-order valence-corrected chi connectivity index (χ0v) is 40.5. The van der Waals surface area contributed by atoms with Gasteiger partial charge in [-0.3, -0.25) is 0 Å². The number of benzene rings is 11. The van der Waals surface area contributed by atoms with Gasteiger partial charge >= 0.3 is 11.9 Å². The number of aryl methyl sites for hydroxylation is 2. The van der Waals surface area contributed by atoms with E-state index in [-0.39, 0.29) is 50.2 Å². The Balaban J connectivity index is 0.823. The van der Waals surface area contributed by atoms with Crippen LogP contribution in [0.25, 0.3) is 98.2 Å². The van der Waals surface area contributed by atoms with E-state index in [1.54, 1.807) is 0 Å². The average molecular weight is 943 g/mol. The van der Waals surface area contributed by atoms with Crippen LogP contribution in [0.3, 0.4) is 0 Å². The summed E-state index contributed by atoms with van der Waals surface area (Å²) in [5.41, 5.74) is 7.36. The van der Waals surface area contributed by atoms with Crippen LogP contribution in [0.15, 0.2) is 170 Å². The monoisotopic (exact) mass is 942 g/mol. The smallest absolute Gasteiger partial charge is 0.338 e. The van der Waals surface area contributed by atoms with Gasteiger partial charge in [0.1, 0.15) is 0 Å². The number of carbonyl (C=O) groups is 2. The van der Waals surface area contributed by atoms with Crippen molar-refractivity contribution in [1.82, 2.24) is 9.97 Å². The van der Waals surface area contributed by atoms with E-state index >= 15 is 0 Å². The predicted octanol–water partition coefficient (Wildman–Crippen LogP) is 15.1. The maximum Gasteiger partial charge on any atom is 0.338 e. The van der Waals surface area contributed by atoms with Crippen molar-refractivity contribution < 1.29 is 28.5 Å². The summed E-state index contributed by atoms with van der Waals surface area (Å²) in [6.45, 7) is 8.68. The third-order valence-corrected chi connectivity index (χ3v) is 14.1. The first-order chi connectivity index (χ1) is 35.2. The lowest BCUT2D eigenvalue weighted by atomic mass is 9.92. The van der Waals surface area contributed by atoms with Crippen molar-refractivity contribution in [1.29, 1.82) is 0 Å². The van der Waals surface area contributed by atoms with Gasteiger partial charge in [0.25, 0.3) is 0 Å². The second-order valence-electron chi connectivity index (χ2n) is 19.2. The molecule has 0 fully saturated rings. The Kier molecular flexibility index (Phi) is 11.3. The molecule has 1 aromatic heterocycles. The molecule has 0 radical (unpaired) electrons. The molecule has 11 aromatic carbocycles. The van der Waals surface area contributed by atoms with Gasteiger partial charge in [-0.05, 0) is 90.6 Å². The van der Waals surface area contributed by atoms with E-state index in [0.29, 0.717) is 33.7 Å². The summed E-state index contributed by atoms with van der Waals surface area (Å²) < 4.78 is 25.6. The first-order valence-corrected chi connectivity index (χ1v) is 24.6. The second-order valence-corrected chi connectivity index (χ2v) is 19.2. The van der Waals surface area contributed by atoms with Crippen LogP contribution in [-0.2, 0) is 9.47 Å². The molecule has 0 saturated carbocycles. The Morgan fingerprint density at radius 1 is 0.403 bits per heavy atom. The molecular formula is C64H50N2O6. The van der Waals surface area contributed by atoms with Gasteiger partial charge in [0.15, 0.2) is 11.5 Å². The van der Waals surface area contributed by atoms with E-state index < -0.39 is 0 Å². The summed E-state index contributed by atoms with van der Waals surface area (Å²) >= 11 is 0. The molecule has 1 heterocycles. The number of hydrogen-bond donors (Lipinski definition) is 0. The lowest BCUT2D eigenvalue weighted by Gasteiger charge is -2.23. The third kappa shape index (κ3) is 7.80. The second kappa shape index (κ2) is 18.3. The fourth-order valence-corrected chi connectivity index (χ4v) is 10.4. The fourth-order valence-electron chi connectivity index (χ4n) is 10.4. The minimum Gasteiger partial charge on any atom is -0.489 e. The van der Waals surface area contributed by atoms with Crippen molar-refractivity contribution in [2.24, 2.45) is 11.8 Å². The zero-order valence-electron chi connectivity index (χ0n) is 40.5. The van der Waals surface area contributed by atoms with E-state index in [1.807, 2.05) is 125 Å². The van der Waals surface area contributed by atoms with E-state index in [9.17, 15) is 9.59 Å². The number of hydrogen-bond acceptors (Lipinski definition) is 8. The Morgan fingerprint density at radius 2 is 0.750 bits per heavy atom. The molecule has 352 valence electrons. The van der Waals surface area contributed by atoms with Gasteiger partial charge in [-0.2, -0.15) is 0 Å². The van der Waals surface area contributed by atoms with Gasteiger partial charge in [0.05, 0.1) is 60.0 Å². The Bertz CT molecular complexity index is 3750. The quantitative estimate of drug-likeness (QED) is 0.0786. The largest absolute Gasteiger partial charge is 0.489 e. The number of esters is 2. The molecule has 0 unspecified atom stereocenters. The highest BCUT2D eigenvalue weighted by atomic mass is 16.5. The minimum atomic E-state index is -0.381. The van der Waals surface area contributed by atoms with Crippen LogP contribution < -0.4 is 9.47 Å². The lowest BCUT2D eigenvalue weighted by molar-refractivity contribution is 0.0397. The van der Waals surface area contributed by atoms with Crippen LogP contribution in [0.2, 0.25) is 0 Å². The first-order valence-electron chi connectivity index (χ1n) is 24.6. The number of aromatic nitrogens is 2. The number of rotatable bonds is 14. The molecule has 0 aliphatic heterocycles. The molecule has 0 N–H and O–H groups in total. The first kappa shape index (κ1) is 44.6. The molecule has 2 atom stereocenters. The maximum absolute atomic E-state index is 13.9. The van der Waals surface area contributed by atoms with Gasteiger partial charge in [0.2, 0.25) is 0 Å². The molecule has 0 saturated heterocycles. The molecule has 12 aromatic rings. The standard InChI is InChI=1S/C64H50N2O6/c1-37(35-71-63(67)51-31-27-45-23-21-41-17-11-19-43-25-29-49(51)55(45)53(41)43)33-69-61-39(3)57-58(66-60(48-15-9-6-10-16-48)59(65-57)47-13-7-5-8-14-47)40(4)62(61)70-34-38(2)36-72-64(68)52-32-28-46-24-22-42-18-12-20-44-26-30-50(52)56(46)54(42)44/h5-32,37-38H,33-36H2,1-4H3/t37-,38-/m1/s1. The van der Waals surface area contributed by atoms with E-state index in [4.69, 9.17) is 28.9 Å². The highest BCUT2D eigenvalue weighted by Crippen LogP contribution is 2.44. The Morgan fingerprint density at radius 3 is 1.14 bits per heavy atom. The zero-order chi connectivity index (χ0) is 49.0. The van der Waals surface area contributed by atoms with Crippen molar-refractivity contribution >= 4 is 87.6 Å². The number of carbonyl (C=O) groups excluding carboxylic acids is 2. The van der Waals surface area contributed by atoms with Gasteiger partial charge in [-0.25, -0.2) is 19.6 Å². The van der Waals surface area contributed by atoms with Gasteiger partial charge in [-0.15, -0.1) is 0 Å². The Labute approximate surface area is 416 Å². The molecule has 8 heteroatoms. The summed E-state index contributed by atoms with van der Waals surface area (Å²) in [7, 11) is 0. The third-order valence-electron chi connectivity index (χ3n) is 14.1. The van der Waals surface area contributed by atoms with Crippen molar-refractivity contribution in [2.75, 3.05) is 26.4 Å². The summed E-state index contributed by atoms with van der Waals surface area (Å²) in [4.78, 5) is 38.5. The fraction of sp³-hybridized carbons (Fsp3) is 0.156. The topological polar surface area (TPSA) is 96.8 Å². The lowest BCUT2D eigenvalue weighted by Crippen LogP contribution is -2.20. The van der Waals surface area contributed by atoms with Gasteiger partial charge in [0, 0.05) is 34.1 Å². The van der Waals surface area contributed by atoms with E-state index in [2.05, 4.69) is 72.8 Å². The number of nitrogens with zero attached hydrogens (tertiary/aromatic N) is 2. The van der Waals surface area contributed by atoms with E-state index in [0.717, 1.165) is 98.3 Å². The molecule has 0 aliphatic carbocycles. The minimum absolute atomic E-state index is 0.134. The maximum atomic E-state index is 13.9. The molecule has 8 nitrogen and oxygen atoms in total. The van der Waals surface area contributed by atoms with Gasteiger partial charge < -0.3 is 18.9 Å². The molecular weight excluding hydrogens is 893 g/mol. The highest BCUT2D eigenvalue weighted by Gasteiger charge is 2.26. The molecule has 0 aliphatic rings. The van der Waals surface area contributed by atoms with Crippen molar-refractivity contribution in [3.8, 4) is 34.0 Å². The average Bonchev–Trinajstić information content (AvgIpc) is 3.43. The number of fused-ring (bicyclic) bond motifs is 1. The SMILES string of the molecule is Cc1c(OC[C@@H](C)COC(=O)c2ccc3ccc4cccc5ccc2c3c45)c(OC[C@@H](C)COC(=O)c2ccc3ccc4cccc5ccc2c3c45)c(C)c2nc(-c3ccccc3)c(-c3ccccc3)nc12. The Hall–Kier alpha value is -8.62. The van der Waals surface area contributed by atoms with Crippen LogP contribution in [0.1, 0.15) is 45.7 Å². The van der Waals surface area contributed by atoms with Crippen LogP contribution in [-0.4, -0.2) is 48.3 Å². The summed E-state index contributed by atoms with van der Waals surface area (Å²) in [5.74, 6) is -0.0863. The highest BCUT2D eigenvalue weighted by molar-refractivity contribution is 6.27.